The highest BCUT2D eigenvalue weighted by atomic mass is 16.6. The maximum absolute atomic E-state index is 12.7. The van der Waals surface area contributed by atoms with Crippen LogP contribution in [-0.4, -0.2) is 37.2 Å². The third kappa shape index (κ3) is 42.0. The first-order valence-corrected chi connectivity index (χ1v) is 23.0. The molecule has 0 aliphatic rings. The maximum atomic E-state index is 12.7. The second-order valence-corrected chi connectivity index (χ2v) is 15.1. The van der Waals surface area contributed by atoms with Crippen LogP contribution in [0.2, 0.25) is 0 Å². The summed E-state index contributed by atoms with van der Waals surface area (Å²) in [6.45, 7) is 6.39. The van der Waals surface area contributed by atoms with Crippen LogP contribution >= 0.6 is 0 Å². The molecule has 0 fully saturated rings. The molecule has 1 unspecified atom stereocenters. The number of hydrogen-bond donors (Lipinski definition) is 0. The van der Waals surface area contributed by atoms with Gasteiger partial charge in [0.1, 0.15) is 13.2 Å². The molecule has 0 aromatic carbocycles. The van der Waals surface area contributed by atoms with Crippen molar-refractivity contribution in [1.29, 1.82) is 0 Å². The van der Waals surface area contributed by atoms with E-state index in [0.29, 0.717) is 19.3 Å². The SMILES string of the molecule is CC\C=C/C=C\C=C/C=C\C=C/CCCC(=O)OC(COC(=O)CCCCC/C=C\CCCCCCCCC)COC(=O)CCCCCCCCCCCCC. The lowest BCUT2D eigenvalue weighted by atomic mass is 10.1. The lowest BCUT2D eigenvalue weighted by Gasteiger charge is -2.18. The van der Waals surface area contributed by atoms with Gasteiger partial charge in [-0.3, -0.25) is 14.4 Å². The molecule has 0 radical (unpaired) electrons. The average molecular weight is 781 g/mol. The van der Waals surface area contributed by atoms with Crippen molar-refractivity contribution in [1.82, 2.24) is 0 Å². The van der Waals surface area contributed by atoms with Gasteiger partial charge in [-0.2, -0.15) is 0 Å². The number of carbonyl (C=O) groups is 3. The molecule has 0 N–H and O–H groups in total. The monoisotopic (exact) mass is 781 g/mol. The molecule has 6 nitrogen and oxygen atoms in total. The van der Waals surface area contributed by atoms with Crippen molar-refractivity contribution in [2.75, 3.05) is 13.2 Å². The van der Waals surface area contributed by atoms with E-state index in [0.717, 1.165) is 64.2 Å². The normalized spacial score (nSPS) is 12.7. The lowest BCUT2D eigenvalue weighted by molar-refractivity contribution is -0.167. The Hall–Kier alpha value is -3.15. The molecule has 0 amide bonds. The van der Waals surface area contributed by atoms with Gasteiger partial charge in [-0.15, -0.1) is 0 Å². The number of allylic oxidation sites excluding steroid dienone is 12. The van der Waals surface area contributed by atoms with E-state index < -0.39 is 6.10 Å². The third-order valence-corrected chi connectivity index (χ3v) is 9.57. The summed E-state index contributed by atoms with van der Waals surface area (Å²) in [5.41, 5.74) is 0. The zero-order chi connectivity index (χ0) is 40.8. The minimum absolute atomic E-state index is 0.108. The molecule has 320 valence electrons. The number of carbonyl (C=O) groups excluding carboxylic acids is 3. The zero-order valence-electron chi connectivity index (χ0n) is 36.4. The van der Waals surface area contributed by atoms with Crippen molar-refractivity contribution in [2.45, 2.75) is 213 Å². The van der Waals surface area contributed by atoms with Gasteiger partial charge in [0.25, 0.3) is 0 Å². The Morgan fingerprint density at radius 2 is 0.732 bits per heavy atom. The van der Waals surface area contributed by atoms with Gasteiger partial charge in [-0.25, -0.2) is 0 Å². The fraction of sp³-hybridized carbons (Fsp3) is 0.700. The highest BCUT2D eigenvalue weighted by Crippen LogP contribution is 2.13. The van der Waals surface area contributed by atoms with Crippen LogP contribution < -0.4 is 0 Å². The predicted molar refractivity (Wildman–Crippen MR) is 238 cm³/mol. The molecular weight excluding hydrogens is 697 g/mol. The van der Waals surface area contributed by atoms with Gasteiger partial charge in [0, 0.05) is 19.3 Å². The summed E-state index contributed by atoms with van der Waals surface area (Å²) >= 11 is 0. The minimum Gasteiger partial charge on any atom is -0.462 e. The fourth-order valence-electron chi connectivity index (χ4n) is 6.11. The first-order valence-electron chi connectivity index (χ1n) is 23.0. The van der Waals surface area contributed by atoms with Crippen LogP contribution in [-0.2, 0) is 28.6 Å². The van der Waals surface area contributed by atoms with E-state index in [1.54, 1.807) is 0 Å². The zero-order valence-corrected chi connectivity index (χ0v) is 36.4. The molecule has 0 aromatic heterocycles. The summed E-state index contributed by atoms with van der Waals surface area (Å²) in [5.74, 6) is -1.00. The van der Waals surface area contributed by atoms with Crippen molar-refractivity contribution in [3.63, 3.8) is 0 Å². The van der Waals surface area contributed by atoms with Crippen LogP contribution in [0, 0.1) is 0 Å². The predicted octanol–water partition coefficient (Wildman–Crippen LogP) is 14.7. The summed E-state index contributed by atoms with van der Waals surface area (Å²) in [7, 11) is 0. The summed E-state index contributed by atoms with van der Waals surface area (Å²) < 4.78 is 16.6. The topological polar surface area (TPSA) is 78.9 Å². The molecule has 6 heteroatoms. The second-order valence-electron chi connectivity index (χ2n) is 15.1. The van der Waals surface area contributed by atoms with Crippen LogP contribution in [0.3, 0.4) is 0 Å². The highest BCUT2D eigenvalue weighted by molar-refractivity contribution is 5.71. The van der Waals surface area contributed by atoms with Crippen LogP contribution in [0.5, 0.6) is 0 Å². The van der Waals surface area contributed by atoms with E-state index in [1.807, 2.05) is 54.7 Å². The average Bonchev–Trinajstić information content (AvgIpc) is 3.19. The molecule has 0 aliphatic carbocycles. The molecule has 0 aromatic rings. The molecule has 0 saturated carbocycles. The molecule has 1 atom stereocenters. The largest absolute Gasteiger partial charge is 0.462 e. The number of hydrogen-bond acceptors (Lipinski definition) is 6. The first kappa shape index (κ1) is 52.9. The van der Waals surface area contributed by atoms with Crippen LogP contribution in [0.15, 0.2) is 72.9 Å². The Balaban J connectivity index is 4.51. The van der Waals surface area contributed by atoms with Crippen molar-refractivity contribution >= 4 is 17.9 Å². The Labute approximate surface area is 344 Å². The summed E-state index contributed by atoms with van der Waals surface area (Å²) in [4.78, 5) is 37.7. The van der Waals surface area contributed by atoms with E-state index >= 15 is 0 Å². The standard InChI is InChI=1S/C50H84O6/c1-4-7-10-13-16-19-22-24-26-28-31-34-37-40-43-49(52)55-46-47(45-54-48(51)42-39-36-33-30-27-21-18-15-12-9-6-3)56-50(53)44-41-38-35-32-29-25-23-20-17-14-11-8-5-2/h8,11,14,17,20,23,25-26,28-29,32,35,47H,4-7,9-10,12-13,15-16,18-19,21-22,24,27,30-31,33-34,36-46H2,1-3H3/b11-8-,17-14-,23-20-,28-26-,29-25-,35-32-. The van der Waals surface area contributed by atoms with Gasteiger partial charge < -0.3 is 14.2 Å². The van der Waals surface area contributed by atoms with E-state index in [2.05, 4.69) is 39.0 Å². The summed E-state index contributed by atoms with van der Waals surface area (Å²) in [5, 5.41) is 0. The Kier molecular flexibility index (Phi) is 42.1. The quantitative estimate of drug-likeness (QED) is 0.0203. The number of esters is 3. The maximum Gasteiger partial charge on any atom is 0.306 e. The molecule has 0 heterocycles. The minimum atomic E-state index is -0.814. The molecular formula is C50H84O6. The van der Waals surface area contributed by atoms with Crippen molar-refractivity contribution in [2.24, 2.45) is 0 Å². The van der Waals surface area contributed by atoms with Crippen LogP contribution in [0.25, 0.3) is 0 Å². The molecule has 56 heavy (non-hydrogen) atoms. The van der Waals surface area contributed by atoms with Gasteiger partial charge in [0.15, 0.2) is 6.10 Å². The van der Waals surface area contributed by atoms with E-state index in [4.69, 9.17) is 14.2 Å². The Bertz CT molecular complexity index is 1080. The Morgan fingerprint density at radius 3 is 1.20 bits per heavy atom. The van der Waals surface area contributed by atoms with Crippen molar-refractivity contribution < 1.29 is 28.6 Å². The molecule has 0 aliphatic heterocycles. The summed E-state index contributed by atoms with van der Waals surface area (Å²) in [6, 6.07) is 0. The van der Waals surface area contributed by atoms with Crippen LogP contribution in [0.4, 0.5) is 0 Å². The Morgan fingerprint density at radius 1 is 0.375 bits per heavy atom. The van der Waals surface area contributed by atoms with Gasteiger partial charge in [0.05, 0.1) is 0 Å². The molecule has 0 bridgehead atoms. The molecule has 0 saturated heterocycles. The first-order chi connectivity index (χ1) is 27.5. The number of rotatable bonds is 40. The second kappa shape index (κ2) is 44.6. The lowest BCUT2D eigenvalue weighted by Crippen LogP contribution is -2.30. The van der Waals surface area contributed by atoms with Crippen molar-refractivity contribution in [3.8, 4) is 0 Å². The number of unbranched alkanes of at least 4 members (excludes halogenated alkanes) is 21. The van der Waals surface area contributed by atoms with Gasteiger partial charge in [-0.05, 0) is 57.8 Å². The van der Waals surface area contributed by atoms with Gasteiger partial charge in [-0.1, -0.05) is 203 Å². The fourth-order valence-corrected chi connectivity index (χ4v) is 6.11. The van der Waals surface area contributed by atoms with Crippen molar-refractivity contribution in [3.05, 3.63) is 72.9 Å². The van der Waals surface area contributed by atoms with Gasteiger partial charge in [0.2, 0.25) is 0 Å². The third-order valence-electron chi connectivity index (χ3n) is 9.57. The van der Waals surface area contributed by atoms with Crippen LogP contribution in [0.1, 0.15) is 207 Å². The number of ether oxygens (including phenoxy) is 3. The van der Waals surface area contributed by atoms with E-state index in [9.17, 15) is 14.4 Å². The molecule has 0 spiro atoms. The summed E-state index contributed by atoms with van der Waals surface area (Å²) in [6.07, 6.45) is 54.6. The van der Waals surface area contributed by atoms with E-state index in [-0.39, 0.29) is 37.5 Å². The highest BCUT2D eigenvalue weighted by Gasteiger charge is 2.19. The molecule has 0 rings (SSSR count). The smallest absolute Gasteiger partial charge is 0.306 e. The van der Waals surface area contributed by atoms with Gasteiger partial charge >= 0.3 is 17.9 Å². The van der Waals surface area contributed by atoms with E-state index in [1.165, 1.54) is 96.3 Å².